The Morgan fingerprint density at radius 2 is 1.43 bits per heavy atom. The van der Waals surface area contributed by atoms with E-state index in [1.54, 1.807) is 0 Å². The summed E-state index contributed by atoms with van der Waals surface area (Å²) >= 11 is 0. The summed E-state index contributed by atoms with van der Waals surface area (Å²) in [7, 11) is 0. The molecule has 0 fully saturated rings. The fourth-order valence-corrected chi connectivity index (χ4v) is 1.92. The summed E-state index contributed by atoms with van der Waals surface area (Å²) in [5, 5.41) is 14.2. The van der Waals surface area contributed by atoms with E-state index in [9.17, 15) is 14.4 Å². The van der Waals surface area contributed by atoms with Crippen molar-refractivity contribution in [3.8, 4) is 0 Å². The molecule has 0 heterocycles. The molecule has 0 saturated heterocycles. The van der Waals surface area contributed by atoms with Crippen molar-refractivity contribution < 1.29 is 19.5 Å². The van der Waals surface area contributed by atoms with Gasteiger partial charge in [0.2, 0.25) is 11.8 Å². The molecule has 7 nitrogen and oxygen atoms in total. The van der Waals surface area contributed by atoms with Gasteiger partial charge in [-0.25, -0.2) is 4.79 Å². The number of hydrogen-bond acceptors (Lipinski definition) is 4. The molecule has 0 aromatic heterocycles. The van der Waals surface area contributed by atoms with Gasteiger partial charge >= 0.3 is 5.97 Å². The SMILES string of the molecule is CC(C)C[C@H](NC(=O)CN)C(=O)N[C@H](CC(C)C)C(=O)O. The molecule has 0 unspecified atom stereocenters. The van der Waals surface area contributed by atoms with Crippen LogP contribution in [-0.2, 0) is 14.4 Å². The summed E-state index contributed by atoms with van der Waals surface area (Å²) in [6.45, 7) is 7.37. The Kier molecular flexibility index (Phi) is 8.61. The first-order valence-electron chi connectivity index (χ1n) is 7.19. The van der Waals surface area contributed by atoms with Gasteiger partial charge in [0.25, 0.3) is 0 Å². The van der Waals surface area contributed by atoms with Gasteiger partial charge in [-0.05, 0) is 24.7 Å². The van der Waals surface area contributed by atoms with Crippen LogP contribution in [0.15, 0.2) is 0 Å². The van der Waals surface area contributed by atoms with Crippen LogP contribution < -0.4 is 16.4 Å². The lowest BCUT2D eigenvalue weighted by atomic mass is 10.0. The minimum absolute atomic E-state index is 0.133. The highest BCUT2D eigenvalue weighted by Crippen LogP contribution is 2.08. The highest BCUT2D eigenvalue weighted by molar-refractivity contribution is 5.90. The van der Waals surface area contributed by atoms with E-state index in [2.05, 4.69) is 10.6 Å². The van der Waals surface area contributed by atoms with E-state index in [4.69, 9.17) is 10.8 Å². The zero-order valence-corrected chi connectivity index (χ0v) is 13.2. The number of carbonyl (C=O) groups is 3. The smallest absolute Gasteiger partial charge is 0.326 e. The zero-order chi connectivity index (χ0) is 16.6. The predicted molar refractivity (Wildman–Crippen MR) is 79.5 cm³/mol. The van der Waals surface area contributed by atoms with Crippen LogP contribution in [0.25, 0.3) is 0 Å². The molecule has 0 rings (SSSR count). The molecule has 122 valence electrons. The Morgan fingerprint density at radius 1 is 0.952 bits per heavy atom. The molecule has 0 saturated carbocycles. The van der Waals surface area contributed by atoms with Gasteiger partial charge in [-0.1, -0.05) is 27.7 Å². The topological polar surface area (TPSA) is 122 Å². The molecule has 0 bridgehead atoms. The summed E-state index contributed by atoms with van der Waals surface area (Å²) in [6.07, 6.45) is 0.756. The zero-order valence-electron chi connectivity index (χ0n) is 13.2. The number of nitrogens with one attached hydrogen (secondary N) is 2. The van der Waals surface area contributed by atoms with Crippen molar-refractivity contribution in [3.63, 3.8) is 0 Å². The van der Waals surface area contributed by atoms with Crippen molar-refractivity contribution in [1.29, 1.82) is 0 Å². The fraction of sp³-hybridized carbons (Fsp3) is 0.786. The van der Waals surface area contributed by atoms with Gasteiger partial charge in [0.1, 0.15) is 12.1 Å². The van der Waals surface area contributed by atoms with Crippen LogP contribution in [0.3, 0.4) is 0 Å². The molecule has 0 radical (unpaired) electrons. The van der Waals surface area contributed by atoms with Crippen molar-refractivity contribution in [1.82, 2.24) is 10.6 Å². The first-order chi connectivity index (χ1) is 9.67. The number of rotatable bonds is 9. The number of aliphatic carboxylic acids is 1. The second-order valence-electron chi connectivity index (χ2n) is 5.98. The number of nitrogens with two attached hydrogens (primary N) is 1. The average molecular weight is 301 g/mol. The minimum Gasteiger partial charge on any atom is -0.480 e. The molecule has 0 spiro atoms. The molecule has 2 amide bonds. The lowest BCUT2D eigenvalue weighted by Crippen LogP contribution is -2.53. The highest BCUT2D eigenvalue weighted by Gasteiger charge is 2.27. The Labute approximate surface area is 125 Å². The highest BCUT2D eigenvalue weighted by atomic mass is 16.4. The van der Waals surface area contributed by atoms with E-state index < -0.39 is 29.9 Å². The van der Waals surface area contributed by atoms with Crippen LogP contribution in [0.5, 0.6) is 0 Å². The monoisotopic (exact) mass is 301 g/mol. The normalized spacial score (nSPS) is 13.9. The van der Waals surface area contributed by atoms with Crippen molar-refractivity contribution in [2.24, 2.45) is 17.6 Å². The van der Waals surface area contributed by atoms with Gasteiger partial charge in [-0.3, -0.25) is 9.59 Å². The van der Waals surface area contributed by atoms with Crippen molar-refractivity contribution in [2.75, 3.05) is 6.54 Å². The van der Waals surface area contributed by atoms with Crippen LogP contribution >= 0.6 is 0 Å². The predicted octanol–water partition coefficient (Wildman–Crippen LogP) is 0.0915. The summed E-state index contributed by atoms with van der Waals surface area (Å²) in [5.74, 6) is -1.70. The summed E-state index contributed by atoms with van der Waals surface area (Å²) in [4.78, 5) is 34.7. The lowest BCUT2D eigenvalue weighted by molar-refractivity contribution is -0.142. The molecule has 0 aliphatic carbocycles. The van der Waals surface area contributed by atoms with Crippen molar-refractivity contribution >= 4 is 17.8 Å². The third-order valence-electron chi connectivity index (χ3n) is 2.87. The molecule has 0 aromatic rings. The van der Waals surface area contributed by atoms with Gasteiger partial charge in [0.15, 0.2) is 0 Å². The standard InChI is InChI=1S/C14H27N3O4/c1-8(2)5-10(16-12(18)7-15)13(19)17-11(14(20)21)6-9(3)4/h8-11H,5-7,15H2,1-4H3,(H,16,18)(H,17,19)(H,20,21)/t10-,11+/m0/s1. The number of carbonyl (C=O) groups excluding carboxylic acids is 2. The van der Waals surface area contributed by atoms with Crippen LogP contribution in [-0.4, -0.2) is 41.5 Å². The maximum absolute atomic E-state index is 12.2. The van der Waals surface area contributed by atoms with E-state index in [1.807, 2.05) is 27.7 Å². The second kappa shape index (κ2) is 9.33. The van der Waals surface area contributed by atoms with Crippen LogP contribution in [0.1, 0.15) is 40.5 Å². The van der Waals surface area contributed by atoms with Crippen LogP contribution in [0.2, 0.25) is 0 Å². The molecule has 5 N–H and O–H groups in total. The van der Waals surface area contributed by atoms with E-state index in [1.165, 1.54) is 0 Å². The Hall–Kier alpha value is -1.63. The van der Waals surface area contributed by atoms with E-state index >= 15 is 0 Å². The number of carboxylic acid groups (broad SMARTS) is 1. The van der Waals surface area contributed by atoms with Gasteiger partial charge in [-0.15, -0.1) is 0 Å². The van der Waals surface area contributed by atoms with Crippen LogP contribution in [0.4, 0.5) is 0 Å². The first kappa shape index (κ1) is 19.4. The van der Waals surface area contributed by atoms with Gasteiger partial charge < -0.3 is 21.5 Å². The van der Waals surface area contributed by atoms with Gasteiger partial charge in [0, 0.05) is 0 Å². The Bertz CT molecular complexity index is 369. The summed E-state index contributed by atoms with van der Waals surface area (Å²) in [6, 6.07) is -1.72. The first-order valence-corrected chi connectivity index (χ1v) is 7.19. The largest absolute Gasteiger partial charge is 0.480 e. The quantitative estimate of drug-likeness (QED) is 0.481. The summed E-state index contributed by atoms with van der Waals surface area (Å²) in [5.41, 5.74) is 5.23. The molecule has 0 aromatic carbocycles. The minimum atomic E-state index is -1.08. The van der Waals surface area contributed by atoms with Crippen molar-refractivity contribution in [2.45, 2.75) is 52.6 Å². The van der Waals surface area contributed by atoms with E-state index in [-0.39, 0.29) is 18.4 Å². The third-order valence-corrected chi connectivity index (χ3v) is 2.87. The van der Waals surface area contributed by atoms with E-state index in [0.717, 1.165) is 0 Å². The average Bonchev–Trinajstić information content (AvgIpc) is 2.35. The number of carboxylic acids is 1. The summed E-state index contributed by atoms with van der Waals surface area (Å²) < 4.78 is 0. The molecular formula is C14H27N3O4. The Balaban J connectivity index is 4.83. The maximum Gasteiger partial charge on any atom is 0.326 e. The third kappa shape index (κ3) is 8.29. The van der Waals surface area contributed by atoms with Crippen molar-refractivity contribution in [3.05, 3.63) is 0 Å². The second-order valence-corrected chi connectivity index (χ2v) is 5.98. The Morgan fingerprint density at radius 3 is 1.81 bits per heavy atom. The molecule has 2 atom stereocenters. The maximum atomic E-state index is 12.2. The molecular weight excluding hydrogens is 274 g/mol. The molecule has 0 aliphatic heterocycles. The number of amides is 2. The number of hydrogen-bond donors (Lipinski definition) is 4. The van der Waals surface area contributed by atoms with Gasteiger partial charge in [0.05, 0.1) is 6.54 Å². The van der Waals surface area contributed by atoms with Gasteiger partial charge in [-0.2, -0.15) is 0 Å². The molecule has 21 heavy (non-hydrogen) atoms. The molecule has 0 aliphatic rings. The van der Waals surface area contributed by atoms with E-state index in [0.29, 0.717) is 12.8 Å². The lowest BCUT2D eigenvalue weighted by Gasteiger charge is -2.23. The van der Waals surface area contributed by atoms with Crippen LogP contribution in [0, 0.1) is 11.8 Å². The molecule has 7 heteroatoms. The fourth-order valence-electron chi connectivity index (χ4n) is 1.92.